The zero-order valence-corrected chi connectivity index (χ0v) is 26.4. The van der Waals surface area contributed by atoms with E-state index in [1.165, 1.54) is 6.20 Å². The number of carbonyl (C=O) groups is 2. The van der Waals surface area contributed by atoms with Crippen molar-refractivity contribution >= 4 is 40.7 Å². The minimum atomic E-state index is -0.693. The molecule has 2 aliphatic rings. The van der Waals surface area contributed by atoms with Crippen molar-refractivity contribution in [3.8, 4) is 5.75 Å². The Morgan fingerprint density at radius 3 is 2.59 bits per heavy atom. The van der Waals surface area contributed by atoms with Crippen LogP contribution in [-0.4, -0.2) is 62.2 Å². The molecule has 2 heterocycles. The van der Waals surface area contributed by atoms with Crippen LogP contribution < -0.4 is 19.7 Å². The molecule has 2 aromatic carbocycles. The van der Waals surface area contributed by atoms with Gasteiger partial charge in [0.1, 0.15) is 16.8 Å². The average molecular weight is 642 g/mol. The van der Waals surface area contributed by atoms with Crippen molar-refractivity contribution in [3.05, 3.63) is 92.9 Å². The summed E-state index contributed by atoms with van der Waals surface area (Å²) in [7, 11) is 1.63. The Bertz CT molecular complexity index is 1450. The smallest absolute Gasteiger partial charge is 0.247 e. The van der Waals surface area contributed by atoms with Gasteiger partial charge >= 0.3 is 0 Å². The van der Waals surface area contributed by atoms with Gasteiger partial charge in [-0.1, -0.05) is 41.4 Å². The fourth-order valence-corrected chi connectivity index (χ4v) is 5.87. The maximum atomic E-state index is 14.1. The van der Waals surface area contributed by atoms with Crippen LogP contribution in [0.4, 0.5) is 5.69 Å². The first kappa shape index (κ1) is 32.0. The number of nitrogens with one attached hydrogen (secondary N) is 1. The van der Waals surface area contributed by atoms with E-state index in [1.54, 1.807) is 24.1 Å². The zero-order valence-electron chi connectivity index (χ0n) is 24.8. The average Bonchev–Trinajstić information content (AvgIpc) is 3.85. The number of aryl methyl sites for hydroxylation is 2. The maximum absolute atomic E-state index is 14.1. The highest BCUT2D eigenvalue weighted by atomic mass is 35.5. The normalized spacial score (nSPS) is 16.7. The first-order valence-corrected chi connectivity index (χ1v) is 15.8. The number of pyridine rings is 1. The van der Waals surface area contributed by atoms with Crippen molar-refractivity contribution in [2.75, 3.05) is 38.3 Å². The van der Waals surface area contributed by atoms with Crippen LogP contribution in [0.5, 0.6) is 5.75 Å². The van der Waals surface area contributed by atoms with Gasteiger partial charge in [-0.05, 0) is 68.0 Å². The molecule has 1 aliphatic heterocycles. The maximum Gasteiger partial charge on any atom is 0.247 e. The number of aromatic nitrogens is 1. The van der Waals surface area contributed by atoms with Crippen LogP contribution in [0.2, 0.25) is 10.0 Å². The Labute approximate surface area is 268 Å². The molecule has 5 rings (SSSR count). The second-order valence-corrected chi connectivity index (χ2v) is 12.1. The van der Waals surface area contributed by atoms with E-state index in [2.05, 4.69) is 5.32 Å². The summed E-state index contributed by atoms with van der Waals surface area (Å²) < 4.78 is 11.7. The fraction of sp³-hybridized carbons (Fsp3) is 0.424. The van der Waals surface area contributed by atoms with Gasteiger partial charge in [0.05, 0.1) is 13.2 Å². The number of ether oxygens (including phenoxy) is 2. The quantitative estimate of drug-likeness (QED) is 0.156. The molecule has 2 fully saturated rings. The van der Waals surface area contributed by atoms with E-state index in [0.717, 1.165) is 47.3 Å². The second-order valence-electron chi connectivity index (χ2n) is 11.2. The molecule has 1 saturated carbocycles. The fourth-order valence-electron chi connectivity index (χ4n) is 5.49. The molecule has 2 amide bonds. The summed E-state index contributed by atoms with van der Waals surface area (Å²) in [5.41, 5.74) is 3.10. The summed E-state index contributed by atoms with van der Waals surface area (Å²) in [6.07, 6.45) is 6.01. The summed E-state index contributed by atoms with van der Waals surface area (Å²) in [5, 5.41) is 16.5. The van der Waals surface area contributed by atoms with Crippen molar-refractivity contribution in [1.82, 2.24) is 10.2 Å². The van der Waals surface area contributed by atoms with E-state index in [1.807, 2.05) is 47.4 Å². The summed E-state index contributed by atoms with van der Waals surface area (Å²) in [4.78, 5) is 30.7. The minimum absolute atomic E-state index is 0.0745. The number of nitrogens with zero attached hydrogens (tertiary/aromatic N) is 3. The molecule has 234 valence electrons. The molecule has 1 aliphatic carbocycles. The van der Waals surface area contributed by atoms with E-state index in [4.69, 9.17) is 32.7 Å². The molecule has 44 heavy (non-hydrogen) atoms. The summed E-state index contributed by atoms with van der Waals surface area (Å²) in [5.74, 6) is 0.455. The zero-order chi connectivity index (χ0) is 31.1. The Morgan fingerprint density at radius 2 is 1.86 bits per heavy atom. The Balaban J connectivity index is 1.26. The van der Waals surface area contributed by atoms with E-state index in [-0.39, 0.29) is 30.9 Å². The van der Waals surface area contributed by atoms with Gasteiger partial charge < -0.3 is 24.9 Å². The molecule has 0 bridgehead atoms. The van der Waals surface area contributed by atoms with Crippen LogP contribution in [0, 0.1) is 5.21 Å². The third-order valence-corrected chi connectivity index (χ3v) is 8.50. The lowest BCUT2D eigenvalue weighted by atomic mass is 10.1. The van der Waals surface area contributed by atoms with Gasteiger partial charge in [-0.3, -0.25) is 14.5 Å². The highest BCUT2D eigenvalue weighted by molar-refractivity contribution is 6.31. The van der Waals surface area contributed by atoms with E-state index >= 15 is 0 Å². The minimum Gasteiger partial charge on any atom is -0.618 e. The van der Waals surface area contributed by atoms with Gasteiger partial charge in [0.2, 0.25) is 11.8 Å². The van der Waals surface area contributed by atoms with Crippen LogP contribution in [0.25, 0.3) is 0 Å². The lowest BCUT2D eigenvalue weighted by Gasteiger charge is -2.38. The topological polar surface area (TPSA) is 98.0 Å². The van der Waals surface area contributed by atoms with Gasteiger partial charge in [0, 0.05) is 61.6 Å². The first-order valence-electron chi connectivity index (χ1n) is 15.0. The lowest BCUT2D eigenvalue weighted by Crippen LogP contribution is -2.61. The van der Waals surface area contributed by atoms with Crippen molar-refractivity contribution in [3.63, 3.8) is 0 Å². The van der Waals surface area contributed by atoms with Gasteiger partial charge in [0.15, 0.2) is 11.9 Å². The van der Waals surface area contributed by atoms with Crippen molar-refractivity contribution < 1.29 is 23.8 Å². The number of hydrogen-bond donors (Lipinski definition) is 1. The standard InChI is InChI=1S/C33H38Cl2N4O5/c1-43-15-4-7-28-17-24(30(35)22-38(28)42)21-37(26-13-14-26)33(41)31-19-36-20-32(40)39(31)27-11-9-23(10-12-27)5-3-16-44-29-8-2-6-25(34)18-29/h2,6,8-12,17-18,22,26,31,36H,3-5,7,13-16,19-21H2,1H3/t31-/m1/s1. The molecule has 1 aromatic heterocycles. The number of hydrogen-bond acceptors (Lipinski definition) is 6. The van der Waals surface area contributed by atoms with Crippen LogP contribution >= 0.6 is 23.2 Å². The molecule has 0 radical (unpaired) electrons. The molecule has 11 heteroatoms. The number of benzene rings is 2. The molecule has 9 nitrogen and oxygen atoms in total. The van der Waals surface area contributed by atoms with Gasteiger partial charge in [-0.25, -0.2) is 0 Å². The molecule has 1 N–H and O–H groups in total. The van der Waals surface area contributed by atoms with Gasteiger partial charge in [-0.2, -0.15) is 4.73 Å². The number of halogens is 2. The monoisotopic (exact) mass is 640 g/mol. The van der Waals surface area contributed by atoms with Gasteiger partial charge in [-0.15, -0.1) is 0 Å². The molecule has 3 aromatic rings. The number of carbonyl (C=O) groups excluding carboxylic acids is 2. The molecular weight excluding hydrogens is 603 g/mol. The van der Waals surface area contributed by atoms with Crippen LogP contribution in [-0.2, 0) is 33.7 Å². The molecule has 0 spiro atoms. The predicted octanol–water partition coefficient (Wildman–Crippen LogP) is 4.71. The number of piperazine rings is 1. The van der Waals surface area contributed by atoms with Crippen LogP contribution in [0.1, 0.15) is 42.5 Å². The highest BCUT2D eigenvalue weighted by Gasteiger charge is 2.41. The molecule has 1 saturated heterocycles. The van der Waals surface area contributed by atoms with Crippen LogP contribution in [0.3, 0.4) is 0 Å². The van der Waals surface area contributed by atoms with Crippen molar-refractivity contribution in [2.45, 2.75) is 57.2 Å². The number of methoxy groups -OCH3 is 1. The third-order valence-electron chi connectivity index (χ3n) is 7.92. The molecule has 0 unspecified atom stereocenters. The van der Waals surface area contributed by atoms with Crippen molar-refractivity contribution in [1.29, 1.82) is 0 Å². The number of amides is 2. The Kier molecular flexibility index (Phi) is 11.0. The number of rotatable bonds is 14. The van der Waals surface area contributed by atoms with Crippen molar-refractivity contribution in [2.24, 2.45) is 0 Å². The summed E-state index contributed by atoms with van der Waals surface area (Å²) in [6, 6.07) is 16.3. The lowest BCUT2D eigenvalue weighted by molar-refractivity contribution is -0.614. The van der Waals surface area contributed by atoms with E-state index in [0.29, 0.717) is 54.0 Å². The largest absolute Gasteiger partial charge is 0.618 e. The van der Waals surface area contributed by atoms with Gasteiger partial charge in [0.25, 0.3) is 0 Å². The summed E-state index contributed by atoms with van der Waals surface area (Å²) in [6.45, 7) is 1.88. The first-order chi connectivity index (χ1) is 21.3. The van der Waals surface area contributed by atoms with E-state index in [9.17, 15) is 14.8 Å². The number of anilines is 1. The van der Waals surface area contributed by atoms with Crippen LogP contribution in [0.15, 0.2) is 60.8 Å². The Morgan fingerprint density at radius 1 is 1.09 bits per heavy atom. The summed E-state index contributed by atoms with van der Waals surface area (Å²) >= 11 is 12.5. The molecule has 1 atom stereocenters. The third kappa shape index (κ3) is 8.21. The van der Waals surface area contributed by atoms with E-state index < -0.39 is 6.04 Å². The highest BCUT2D eigenvalue weighted by Crippen LogP contribution is 2.32. The second kappa shape index (κ2) is 15.1. The Hall–Kier alpha value is -3.37. The molecular formula is C33H38Cl2N4O5. The predicted molar refractivity (Wildman–Crippen MR) is 170 cm³/mol. The SMILES string of the molecule is COCCCc1cc(CN(C(=O)[C@H]2CNCC(=O)N2c2ccc(CCCOc3cccc(Cl)c3)cc2)C2CC2)c(Cl)c[n+]1[O-].